The molecule has 0 heterocycles. The SMILES string of the molecule is C/C=C/[C@H](CO)NC(=O)C(F)(F)F. The number of aliphatic hydroxyl groups excluding tert-OH is 1. The number of halogens is 3. The molecule has 0 spiro atoms. The molecule has 0 aliphatic carbocycles. The van der Waals surface area contributed by atoms with Gasteiger partial charge in [0.05, 0.1) is 12.6 Å². The monoisotopic (exact) mass is 197 g/mol. The molecule has 0 rings (SSSR count). The summed E-state index contributed by atoms with van der Waals surface area (Å²) in [6.45, 7) is 1.01. The van der Waals surface area contributed by atoms with Gasteiger partial charge in [0.2, 0.25) is 0 Å². The van der Waals surface area contributed by atoms with Gasteiger partial charge in [-0.25, -0.2) is 0 Å². The van der Waals surface area contributed by atoms with Crippen molar-refractivity contribution in [1.29, 1.82) is 0 Å². The summed E-state index contributed by atoms with van der Waals surface area (Å²) in [4.78, 5) is 10.3. The van der Waals surface area contributed by atoms with Gasteiger partial charge < -0.3 is 10.4 Å². The Balaban J connectivity index is 4.17. The number of amides is 1. The van der Waals surface area contributed by atoms with Gasteiger partial charge in [0.1, 0.15) is 0 Å². The maximum absolute atomic E-state index is 11.7. The summed E-state index contributed by atoms with van der Waals surface area (Å²) in [6.07, 6.45) is -2.20. The number of carbonyl (C=O) groups excluding carboxylic acids is 1. The van der Waals surface area contributed by atoms with Gasteiger partial charge in [-0.15, -0.1) is 0 Å². The van der Waals surface area contributed by atoms with Crippen molar-refractivity contribution in [3.05, 3.63) is 12.2 Å². The summed E-state index contributed by atoms with van der Waals surface area (Å²) >= 11 is 0. The Hall–Kier alpha value is -1.04. The van der Waals surface area contributed by atoms with E-state index in [0.717, 1.165) is 0 Å². The minimum Gasteiger partial charge on any atom is -0.394 e. The summed E-state index contributed by atoms with van der Waals surface area (Å²) < 4.78 is 35.0. The predicted octanol–water partition coefficient (Wildman–Crippen LogP) is 0.602. The van der Waals surface area contributed by atoms with E-state index in [2.05, 4.69) is 0 Å². The van der Waals surface area contributed by atoms with Crippen molar-refractivity contribution >= 4 is 5.91 Å². The fourth-order valence-electron chi connectivity index (χ4n) is 0.637. The molecule has 0 fully saturated rings. The lowest BCUT2D eigenvalue weighted by molar-refractivity contribution is -0.174. The standard InChI is InChI=1S/C7H10F3NO2/c1-2-3-5(4-12)11-6(13)7(8,9)10/h2-3,5,12H,4H2,1H3,(H,11,13)/b3-2+/t5-/m1/s1. The van der Waals surface area contributed by atoms with Crippen LogP contribution in [0.1, 0.15) is 6.92 Å². The molecule has 76 valence electrons. The second-order valence-corrected chi connectivity index (χ2v) is 2.29. The van der Waals surface area contributed by atoms with E-state index in [0.29, 0.717) is 0 Å². The average molecular weight is 197 g/mol. The van der Waals surface area contributed by atoms with Crippen LogP contribution in [0, 0.1) is 0 Å². The molecular formula is C7H10F3NO2. The van der Waals surface area contributed by atoms with Crippen molar-refractivity contribution < 1.29 is 23.1 Å². The highest BCUT2D eigenvalue weighted by Crippen LogP contribution is 2.14. The molecule has 2 N–H and O–H groups in total. The maximum Gasteiger partial charge on any atom is 0.471 e. The molecule has 0 bridgehead atoms. The van der Waals surface area contributed by atoms with E-state index in [9.17, 15) is 18.0 Å². The highest BCUT2D eigenvalue weighted by molar-refractivity contribution is 5.82. The van der Waals surface area contributed by atoms with Gasteiger partial charge in [0.15, 0.2) is 0 Å². The van der Waals surface area contributed by atoms with Crippen LogP contribution in [0.15, 0.2) is 12.2 Å². The smallest absolute Gasteiger partial charge is 0.394 e. The summed E-state index contributed by atoms with van der Waals surface area (Å²) in [5, 5.41) is 10.1. The number of rotatable bonds is 3. The maximum atomic E-state index is 11.7. The van der Waals surface area contributed by atoms with Gasteiger partial charge in [-0.05, 0) is 6.92 Å². The Morgan fingerprint density at radius 2 is 2.15 bits per heavy atom. The predicted molar refractivity (Wildman–Crippen MR) is 39.9 cm³/mol. The summed E-state index contributed by atoms with van der Waals surface area (Å²) in [5.41, 5.74) is 0. The first kappa shape index (κ1) is 12.0. The Morgan fingerprint density at radius 3 is 2.46 bits per heavy atom. The second-order valence-electron chi connectivity index (χ2n) is 2.29. The summed E-state index contributed by atoms with van der Waals surface area (Å²) in [7, 11) is 0. The average Bonchev–Trinajstić information content (AvgIpc) is 2.01. The molecule has 0 aromatic heterocycles. The number of carbonyl (C=O) groups is 1. The van der Waals surface area contributed by atoms with E-state index in [4.69, 9.17) is 5.11 Å². The van der Waals surface area contributed by atoms with E-state index in [1.165, 1.54) is 12.2 Å². The molecule has 3 nitrogen and oxygen atoms in total. The second kappa shape index (κ2) is 4.86. The molecule has 0 radical (unpaired) electrons. The molecule has 0 aromatic carbocycles. The molecule has 1 atom stereocenters. The molecule has 0 saturated heterocycles. The third-order valence-electron chi connectivity index (χ3n) is 1.20. The van der Waals surface area contributed by atoms with Crippen molar-refractivity contribution in [2.24, 2.45) is 0 Å². The van der Waals surface area contributed by atoms with Crippen LogP contribution in [-0.2, 0) is 4.79 Å². The number of aliphatic hydroxyl groups is 1. The van der Waals surface area contributed by atoms with Crippen LogP contribution in [-0.4, -0.2) is 29.8 Å². The lowest BCUT2D eigenvalue weighted by Gasteiger charge is -2.13. The largest absolute Gasteiger partial charge is 0.471 e. The topological polar surface area (TPSA) is 49.3 Å². The minimum atomic E-state index is -4.91. The van der Waals surface area contributed by atoms with Crippen molar-refractivity contribution in [2.75, 3.05) is 6.61 Å². The lowest BCUT2D eigenvalue weighted by atomic mass is 10.3. The van der Waals surface area contributed by atoms with E-state index in [-0.39, 0.29) is 0 Å². The van der Waals surface area contributed by atoms with Crippen LogP contribution in [0.25, 0.3) is 0 Å². The van der Waals surface area contributed by atoms with Crippen molar-refractivity contribution in [3.63, 3.8) is 0 Å². The first-order chi connectivity index (χ1) is 5.91. The van der Waals surface area contributed by atoms with Crippen LogP contribution >= 0.6 is 0 Å². The minimum absolute atomic E-state index is 0.563. The number of hydrogen-bond donors (Lipinski definition) is 2. The van der Waals surface area contributed by atoms with Gasteiger partial charge >= 0.3 is 12.1 Å². The summed E-state index contributed by atoms with van der Waals surface area (Å²) in [5.74, 6) is -2.05. The van der Waals surface area contributed by atoms with Crippen molar-refractivity contribution in [1.82, 2.24) is 5.32 Å². The van der Waals surface area contributed by atoms with Gasteiger partial charge in [-0.1, -0.05) is 12.2 Å². The number of hydrogen-bond acceptors (Lipinski definition) is 2. The van der Waals surface area contributed by atoms with Gasteiger partial charge in [-0.3, -0.25) is 4.79 Å². The van der Waals surface area contributed by atoms with E-state index in [1.807, 2.05) is 0 Å². The number of alkyl halides is 3. The zero-order valence-corrected chi connectivity index (χ0v) is 6.93. The molecule has 0 aromatic rings. The van der Waals surface area contributed by atoms with E-state index in [1.54, 1.807) is 12.2 Å². The lowest BCUT2D eigenvalue weighted by Crippen LogP contribution is -2.43. The zero-order chi connectivity index (χ0) is 10.5. The first-order valence-corrected chi connectivity index (χ1v) is 3.53. The third kappa shape index (κ3) is 4.51. The highest BCUT2D eigenvalue weighted by Gasteiger charge is 2.39. The van der Waals surface area contributed by atoms with Crippen LogP contribution in [0.3, 0.4) is 0 Å². The van der Waals surface area contributed by atoms with Crippen LogP contribution in [0.4, 0.5) is 13.2 Å². The zero-order valence-electron chi connectivity index (χ0n) is 6.93. The van der Waals surface area contributed by atoms with Gasteiger partial charge in [0.25, 0.3) is 0 Å². The fraction of sp³-hybridized carbons (Fsp3) is 0.571. The van der Waals surface area contributed by atoms with Crippen molar-refractivity contribution in [2.45, 2.75) is 19.1 Å². The Labute approximate surface area is 73.2 Å². The number of nitrogens with one attached hydrogen (secondary N) is 1. The molecule has 0 aliphatic heterocycles. The Bertz CT molecular complexity index is 200. The fourth-order valence-corrected chi connectivity index (χ4v) is 0.637. The molecule has 0 aliphatic rings. The normalized spacial score (nSPS) is 14.5. The van der Waals surface area contributed by atoms with Crippen LogP contribution < -0.4 is 5.32 Å². The number of allylic oxidation sites excluding steroid dienone is 1. The highest BCUT2D eigenvalue weighted by atomic mass is 19.4. The van der Waals surface area contributed by atoms with E-state index >= 15 is 0 Å². The van der Waals surface area contributed by atoms with Crippen LogP contribution in [0.5, 0.6) is 0 Å². The Morgan fingerprint density at radius 1 is 1.62 bits per heavy atom. The molecule has 6 heteroatoms. The van der Waals surface area contributed by atoms with Gasteiger partial charge in [0, 0.05) is 0 Å². The molecule has 13 heavy (non-hydrogen) atoms. The first-order valence-electron chi connectivity index (χ1n) is 3.53. The molecule has 0 unspecified atom stereocenters. The van der Waals surface area contributed by atoms with Crippen molar-refractivity contribution in [3.8, 4) is 0 Å². The van der Waals surface area contributed by atoms with Crippen LogP contribution in [0.2, 0.25) is 0 Å². The molecular weight excluding hydrogens is 187 g/mol. The third-order valence-corrected chi connectivity index (χ3v) is 1.20. The molecule has 0 saturated carbocycles. The summed E-state index contributed by atoms with van der Waals surface area (Å²) in [6, 6.07) is -0.987. The van der Waals surface area contributed by atoms with Gasteiger partial charge in [-0.2, -0.15) is 13.2 Å². The Kier molecular flexibility index (Phi) is 4.47. The van der Waals surface area contributed by atoms with E-state index < -0.39 is 24.7 Å². The molecule has 1 amide bonds. The quantitative estimate of drug-likeness (QED) is 0.651.